The van der Waals surface area contributed by atoms with Gasteiger partial charge >= 0.3 is 5.97 Å². The molecule has 2 heterocycles. The molecule has 0 aliphatic rings. The molecule has 0 saturated carbocycles. The van der Waals surface area contributed by atoms with Crippen molar-refractivity contribution in [3.63, 3.8) is 0 Å². The van der Waals surface area contributed by atoms with Crippen molar-refractivity contribution < 1.29 is 14.7 Å². The van der Waals surface area contributed by atoms with E-state index in [-0.39, 0.29) is 11.5 Å². The number of carbonyl (C=O) groups is 2. The Morgan fingerprint density at radius 3 is 2.67 bits per heavy atom. The fraction of sp³-hybridized carbons (Fsp3) is 0.286. The molecular weight excluding hydrogens is 272 g/mol. The van der Waals surface area contributed by atoms with Gasteiger partial charge < -0.3 is 10.4 Å². The quantitative estimate of drug-likeness (QED) is 0.874. The summed E-state index contributed by atoms with van der Waals surface area (Å²) in [6.07, 6.45) is 3.37. The highest BCUT2D eigenvalue weighted by molar-refractivity contribution is 6.03. The second-order valence-electron chi connectivity index (χ2n) is 4.41. The van der Waals surface area contributed by atoms with E-state index < -0.39 is 5.97 Å². The van der Waals surface area contributed by atoms with Gasteiger partial charge in [-0.1, -0.05) is 6.92 Å². The summed E-state index contributed by atoms with van der Waals surface area (Å²) in [5.74, 6) is -1.43. The molecule has 0 unspecified atom stereocenters. The Balaban J connectivity index is 2.23. The Morgan fingerprint density at radius 1 is 1.29 bits per heavy atom. The van der Waals surface area contributed by atoms with Crippen LogP contribution in [0.1, 0.15) is 40.4 Å². The number of hydrogen-bond donors (Lipinski definition) is 2. The summed E-state index contributed by atoms with van der Waals surface area (Å²) in [6, 6.07) is 3.09. The van der Waals surface area contributed by atoms with Crippen molar-refractivity contribution in [2.45, 2.75) is 26.8 Å². The molecule has 2 aromatic heterocycles. The summed E-state index contributed by atoms with van der Waals surface area (Å²) in [5.41, 5.74) is 1.63. The Kier molecular flexibility index (Phi) is 4.32. The Labute approximate surface area is 121 Å². The molecule has 2 aromatic rings. The summed E-state index contributed by atoms with van der Waals surface area (Å²) in [4.78, 5) is 26.9. The lowest BCUT2D eigenvalue weighted by Crippen LogP contribution is -2.17. The number of aromatic nitrogens is 3. The van der Waals surface area contributed by atoms with Crippen LogP contribution in [-0.2, 0) is 13.0 Å². The molecule has 21 heavy (non-hydrogen) atoms. The van der Waals surface area contributed by atoms with Crippen molar-refractivity contribution in [2.24, 2.45) is 0 Å². The zero-order valence-corrected chi connectivity index (χ0v) is 11.8. The highest BCUT2D eigenvalue weighted by Crippen LogP contribution is 2.12. The summed E-state index contributed by atoms with van der Waals surface area (Å²) >= 11 is 0. The molecule has 0 bridgehead atoms. The molecule has 110 valence electrons. The van der Waals surface area contributed by atoms with Gasteiger partial charge in [0, 0.05) is 12.7 Å². The number of aryl methyl sites for hydroxylation is 2. The zero-order chi connectivity index (χ0) is 15.4. The van der Waals surface area contributed by atoms with E-state index in [2.05, 4.69) is 15.4 Å². The summed E-state index contributed by atoms with van der Waals surface area (Å²) in [6.45, 7) is 4.44. The minimum atomic E-state index is -1.09. The number of hydrogen-bond acceptors (Lipinski definition) is 4. The summed E-state index contributed by atoms with van der Waals surface area (Å²) in [5, 5.41) is 15.9. The highest BCUT2D eigenvalue weighted by Gasteiger charge is 2.15. The van der Waals surface area contributed by atoms with Crippen molar-refractivity contribution in [1.82, 2.24) is 14.8 Å². The molecule has 0 spiro atoms. The fourth-order valence-electron chi connectivity index (χ4n) is 1.89. The van der Waals surface area contributed by atoms with Crippen LogP contribution in [0.2, 0.25) is 0 Å². The predicted octanol–water partition coefficient (Wildman–Crippen LogP) is 1.81. The second kappa shape index (κ2) is 6.17. The van der Waals surface area contributed by atoms with E-state index in [0.29, 0.717) is 17.9 Å². The number of anilines is 1. The minimum Gasteiger partial charge on any atom is -0.478 e. The van der Waals surface area contributed by atoms with Crippen LogP contribution in [0.4, 0.5) is 5.69 Å². The number of rotatable bonds is 5. The van der Waals surface area contributed by atoms with Gasteiger partial charge in [0.05, 0.1) is 23.1 Å². The zero-order valence-electron chi connectivity index (χ0n) is 11.8. The fourth-order valence-corrected chi connectivity index (χ4v) is 1.89. The molecule has 2 N–H and O–H groups in total. The molecule has 0 fully saturated rings. The second-order valence-corrected chi connectivity index (χ2v) is 4.41. The topological polar surface area (TPSA) is 97.1 Å². The number of aromatic carboxylic acids is 1. The van der Waals surface area contributed by atoms with Crippen molar-refractivity contribution in [3.8, 4) is 0 Å². The van der Waals surface area contributed by atoms with Crippen LogP contribution >= 0.6 is 0 Å². The van der Waals surface area contributed by atoms with Gasteiger partial charge in [-0.2, -0.15) is 5.10 Å². The predicted molar refractivity (Wildman–Crippen MR) is 76.4 cm³/mol. The molecule has 0 aliphatic heterocycles. The summed E-state index contributed by atoms with van der Waals surface area (Å²) < 4.78 is 1.61. The number of carboxylic acid groups (broad SMARTS) is 1. The molecule has 2 rings (SSSR count). The van der Waals surface area contributed by atoms with Gasteiger partial charge in [-0.3, -0.25) is 14.5 Å². The third-order valence-corrected chi connectivity index (χ3v) is 2.97. The molecule has 0 aromatic carbocycles. The highest BCUT2D eigenvalue weighted by atomic mass is 16.4. The van der Waals surface area contributed by atoms with Gasteiger partial charge in [-0.15, -0.1) is 0 Å². The van der Waals surface area contributed by atoms with Crippen molar-refractivity contribution >= 4 is 17.6 Å². The van der Waals surface area contributed by atoms with Crippen LogP contribution in [-0.4, -0.2) is 31.7 Å². The van der Waals surface area contributed by atoms with Crippen molar-refractivity contribution in [3.05, 3.63) is 41.5 Å². The first-order valence-electron chi connectivity index (χ1n) is 6.61. The van der Waals surface area contributed by atoms with Gasteiger partial charge in [-0.05, 0) is 25.5 Å². The normalized spacial score (nSPS) is 10.4. The van der Waals surface area contributed by atoms with Crippen LogP contribution in [0.3, 0.4) is 0 Å². The van der Waals surface area contributed by atoms with Crippen LogP contribution in [0.5, 0.6) is 0 Å². The summed E-state index contributed by atoms with van der Waals surface area (Å²) in [7, 11) is 0. The first-order valence-corrected chi connectivity index (χ1v) is 6.61. The molecular formula is C14H16N4O3. The maximum absolute atomic E-state index is 12.3. The molecule has 7 nitrogen and oxygen atoms in total. The third kappa shape index (κ3) is 3.25. The largest absolute Gasteiger partial charge is 0.478 e. The number of amides is 1. The van der Waals surface area contributed by atoms with Crippen molar-refractivity contribution in [1.29, 1.82) is 0 Å². The van der Waals surface area contributed by atoms with Crippen molar-refractivity contribution in [2.75, 3.05) is 5.32 Å². The van der Waals surface area contributed by atoms with Gasteiger partial charge in [0.1, 0.15) is 5.69 Å². The molecule has 0 radical (unpaired) electrons. The molecule has 7 heteroatoms. The maximum Gasteiger partial charge on any atom is 0.337 e. The molecule has 0 saturated heterocycles. The minimum absolute atomic E-state index is 0.0195. The van der Waals surface area contributed by atoms with E-state index in [1.807, 2.05) is 13.8 Å². The Bertz CT molecular complexity index is 679. The monoisotopic (exact) mass is 288 g/mol. The van der Waals surface area contributed by atoms with Crippen LogP contribution in [0.15, 0.2) is 24.5 Å². The number of nitrogens with one attached hydrogen (secondary N) is 1. The van der Waals surface area contributed by atoms with Gasteiger partial charge in [0.25, 0.3) is 5.91 Å². The van der Waals surface area contributed by atoms with E-state index in [1.54, 1.807) is 10.7 Å². The Hall–Kier alpha value is -2.70. The molecule has 0 atom stereocenters. The van der Waals surface area contributed by atoms with E-state index in [9.17, 15) is 9.59 Å². The average Bonchev–Trinajstić information content (AvgIpc) is 2.91. The van der Waals surface area contributed by atoms with E-state index >= 15 is 0 Å². The number of carboxylic acids is 1. The number of carbonyl (C=O) groups excluding carboxylic acids is 1. The molecule has 1 amide bonds. The van der Waals surface area contributed by atoms with Crippen LogP contribution in [0.25, 0.3) is 0 Å². The Morgan fingerprint density at radius 2 is 2.05 bits per heavy atom. The van der Waals surface area contributed by atoms with Crippen LogP contribution < -0.4 is 5.32 Å². The van der Waals surface area contributed by atoms with Gasteiger partial charge in [0.15, 0.2) is 0 Å². The average molecular weight is 288 g/mol. The number of pyridine rings is 1. The lowest BCUT2D eigenvalue weighted by atomic mass is 10.2. The standard InChI is InChI=1S/C14H16N4O3/c1-3-10-6-12(18(4-2)17-10)13(19)16-11-5-9(14(20)21)7-15-8-11/h5-8H,3-4H2,1-2H3,(H,16,19)(H,20,21). The van der Waals surface area contributed by atoms with Gasteiger partial charge in [0.2, 0.25) is 0 Å². The molecule has 0 aliphatic carbocycles. The smallest absolute Gasteiger partial charge is 0.337 e. The van der Waals surface area contributed by atoms with E-state index in [1.165, 1.54) is 18.5 Å². The van der Waals surface area contributed by atoms with Gasteiger partial charge in [-0.25, -0.2) is 4.79 Å². The SMILES string of the molecule is CCc1cc(C(=O)Nc2cncc(C(=O)O)c2)n(CC)n1. The van der Waals surface area contributed by atoms with Crippen LogP contribution in [0, 0.1) is 0 Å². The van der Waals surface area contributed by atoms with E-state index in [4.69, 9.17) is 5.11 Å². The van der Waals surface area contributed by atoms with E-state index in [0.717, 1.165) is 12.1 Å². The lowest BCUT2D eigenvalue weighted by molar-refractivity contribution is 0.0696. The first-order chi connectivity index (χ1) is 10.0. The lowest BCUT2D eigenvalue weighted by Gasteiger charge is -2.06. The third-order valence-electron chi connectivity index (χ3n) is 2.97. The number of nitrogens with zero attached hydrogens (tertiary/aromatic N) is 3. The maximum atomic E-state index is 12.3. The first kappa shape index (κ1) is 14.7.